The molecule has 0 fully saturated rings. The summed E-state index contributed by atoms with van der Waals surface area (Å²) >= 11 is 1.21. The van der Waals surface area contributed by atoms with Crippen LogP contribution in [0, 0.1) is 25.2 Å². The Morgan fingerprint density at radius 1 is 0.949 bits per heavy atom. The van der Waals surface area contributed by atoms with E-state index in [1.54, 1.807) is 31.9 Å². The van der Waals surface area contributed by atoms with E-state index in [1.165, 1.54) is 11.3 Å². The normalized spacial score (nSPS) is 11.3. The van der Waals surface area contributed by atoms with Crippen LogP contribution < -0.4 is 10.1 Å². The van der Waals surface area contributed by atoms with Gasteiger partial charge in [0.2, 0.25) is 0 Å². The molecule has 5 aromatic rings. The number of nitrogens with one attached hydrogen (secondary N) is 1. The summed E-state index contributed by atoms with van der Waals surface area (Å²) in [4.78, 5) is 40.5. The molecule has 0 aliphatic rings. The van der Waals surface area contributed by atoms with Gasteiger partial charge < -0.3 is 4.74 Å². The first-order valence-corrected chi connectivity index (χ1v) is 12.8. The number of carbonyl (C=O) groups excluding carboxylic acids is 1. The van der Waals surface area contributed by atoms with Crippen molar-refractivity contribution in [3.05, 3.63) is 71.6 Å². The van der Waals surface area contributed by atoms with Crippen LogP contribution in [0.4, 0.5) is 5.13 Å². The van der Waals surface area contributed by atoms with Gasteiger partial charge in [-0.15, -0.1) is 0 Å². The van der Waals surface area contributed by atoms with Gasteiger partial charge in [-0.3, -0.25) is 25.1 Å². The van der Waals surface area contributed by atoms with Crippen LogP contribution in [0.2, 0.25) is 0 Å². The summed E-state index contributed by atoms with van der Waals surface area (Å²) in [5.41, 5.74) is 5.12. The van der Waals surface area contributed by atoms with Gasteiger partial charge in [-0.05, 0) is 51.5 Å². The number of hydrogen-bond donors (Lipinski definition) is 1. The number of thiazole rings is 1. The molecule has 0 bridgehead atoms. The molecule has 0 unspecified atom stereocenters. The summed E-state index contributed by atoms with van der Waals surface area (Å²) in [5.74, 6) is 0.185. The number of nitrogens with zero attached hydrogens (tertiary/aromatic N) is 7. The highest BCUT2D eigenvalue weighted by atomic mass is 32.1. The lowest BCUT2D eigenvalue weighted by Crippen LogP contribution is -2.14. The third kappa shape index (κ3) is 5.15. The highest BCUT2D eigenvalue weighted by Crippen LogP contribution is 2.34. The van der Waals surface area contributed by atoms with E-state index >= 15 is 0 Å². The lowest BCUT2D eigenvalue weighted by Gasteiger charge is -2.15. The molecule has 0 aromatic carbocycles. The highest BCUT2D eigenvalue weighted by Gasteiger charge is 2.21. The predicted molar refractivity (Wildman–Crippen MR) is 149 cm³/mol. The van der Waals surface area contributed by atoms with E-state index < -0.39 is 5.41 Å². The third-order valence-electron chi connectivity index (χ3n) is 6.17. The molecule has 0 saturated carbocycles. The fraction of sp³-hybridized carbons (Fsp3) is 0.214. The first-order valence-electron chi connectivity index (χ1n) is 12.0. The van der Waals surface area contributed by atoms with Gasteiger partial charge in [0.05, 0.1) is 42.2 Å². The SMILES string of the molecule is COc1cnc(C)cc1-c1cc(C)ncc1C(=O)Nc1nc2ncc(-c3ccc(C(C)(C)C#N)cn3)nc2s1. The number of methoxy groups -OCH3 is 1. The van der Waals surface area contributed by atoms with Gasteiger partial charge in [0.15, 0.2) is 15.6 Å². The van der Waals surface area contributed by atoms with Crippen molar-refractivity contribution in [2.75, 3.05) is 12.4 Å². The van der Waals surface area contributed by atoms with Crippen molar-refractivity contribution in [2.45, 2.75) is 33.1 Å². The highest BCUT2D eigenvalue weighted by molar-refractivity contribution is 7.21. The summed E-state index contributed by atoms with van der Waals surface area (Å²) in [6.07, 6.45) is 6.44. The van der Waals surface area contributed by atoms with Gasteiger partial charge in [0.1, 0.15) is 11.4 Å². The van der Waals surface area contributed by atoms with E-state index in [9.17, 15) is 10.1 Å². The van der Waals surface area contributed by atoms with E-state index in [0.717, 1.165) is 22.5 Å². The summed E-state index contributed by atoms with van der Waals surface area (Å²) in [7, 11) is 1.57. The summed E-state index contributed by atoms with van der Waals surface area (Å²) in [5, 5.41) is 12.6. The maximum Gasteiger partial charge on any atom is 0.259 e. The average Bonchev–Trinajstić information content (AvgIpc) is 3.34. The minimum Gasteiger partial charge on any atom is -0.494 e. The smallest absolute Gasteiger partial charge is 0.259 e. The minimum atomic E-state index is -0.639. The van der Waals surface area contributed by atoms with Crippen molar-refractivity contribution in [2.24, 2.45) is 0 Å². The Kier molecular flexibility index (Phi) is 6.72. The Hall–Kier alpha value is -4.82. The zero-order valence-corrected chi connectivity index (χ0v) is 22.8. The molecule has 5 heterocycles. The molecule has 1 N–H and O–H groups in total. The van der Waals surface area contributed by atoms with Crippen LogP contribution in [0.5, 0.6) is 5.75 Å². The van der Waals surface area contributed by atoms with E-state index in [1.807, 2.05) is 52.0 Å². The van der Waals surface area contributed by atoms with Gasteiger partial charge in [0.25, 0.3) is 5.91 Å². The Morgan fingerprint density at radius 3 is 2.38 bits per heavy atom. The number of carbonyl (C=O) groups is 1. The molecule has 0 saturated heterocycles. The van der Waals surface area contributed by atoms with Crippen molar-refractivity contribution in [3.8, 4) is 34.3 Å². The molecule has 39 heavy (non-hydrogen) atoms. The fourth-order valence-corrected chi connectivity index (χ4v) is 4.72. The Labute approximate surface area is 228 Å². The third-order valence-corrected chi connectivity index (χ3v) is 7.02. The maximum atomic E-state index is 13.4. The number of nitriles is 1. The quantitative estimate of drug-likeness (QED) is 0.307. The second-order valence-corrected chi connectivity index (χ2v) is 10.4. The average molecular weight is 537 g/mol. The zero-order chi connectivity index (χ0) is 27.7. The second-order valence-electron chi connectivity index (χ2n) is 9.42. The van der Waals surface area contributed by atoms with Crippen LogP contribution >= 0.6 is 11.3 Å². The van der Waals surface area contributed by atoms with Crippen LogP contribution in [0.3, 0.4) is 0 Å². The van der Waals surface area contributed by atoms with Crippen molar-refractivity contribution in [1.82, 2.24) is 29.9 Å². The lowest BCUT2D eigenvalue weighted by atomic mass is 9.87. The van der Waals surface area contributed by atoms with Gasteiger partial charge in [-0.1, -0.05) is 17.4 Å². The van der Waals surface area contributed by atoms with Gasteiger partial charge in [0, 0.05) is 34.9 Å². The molecule has 0 aliphatic heterocycles. The standard InChI is InChI=1S/C28H24N8O2S/c1-15-8-18(19-9-16(2)31-13-23(19)38-5)20(11-30-15)25(37)36-27-35-24-26(39-27)34-22(12-33-24)21-7-6-17(10-32-21)28(3,4)14-29/h6-13H,1-5H3,(H,33,35,36,37). The van der Waals surface area contributed by atoms with E-state index in [4.69, 9.17) is 4.74 Å². The Bertz CT molecular complexity index is 1760. The predicted octanol–water partition coefficient (Wildman–Crippen LogP) is 5.28. The van der Waals surface area contributed by atoms with Crippen molar-refractivity contribution in [1.29, 1.82) is 5.26 Å². The van der Waals surface area contributed by atoms with Crippen LogP contribution in [-0.4, -0.2) is 42.9 Å². The molecule has 11 heteroatoms. The maximum absolute atomic E-state index is 13.4. The fourth-order valence-electron chi connectivity index (χ4n) is 3.93. The van der Waals surface area contributed by atoms with Crippen molar-refractivity contribution in [3.63, 3.8) is 0 Å². The van der Waals surface area contributed by atoms with Crippen LogP contribution in [0.1, 0.15) is 41.2 Å². The number of pyridine rings is 3. The molecular formula is C28H24N8O2S. The molecular weight excluding hydrogens is 512 g/mol. The van der Waals surface area contributed by atoms with Crippen molar-refractivity contribution >= 4 is 32.9 Å². The molecule has 0 aliphatic carbocycles. The second kappa shape index (κ2) is 10.2. The number of aromatic nitrogens is 6. The molecule has 1 amide bonds. The molecule has 0 atom stereocenters. The van der Waals surface area contributed by atoms with Crippen molar-refractivity contribution < 1.29 is 9.53 Å². The number of hydrogen-bond acceptors (Lipinski definition) is 10. The van der Waals surface area contributed by atoms with Crippen LogP contribution in [0.15, 0.2) is 49.1 Å². The summed E-state index contributed by atoms with van der Waals surface area (Å²) in [6.45, 7) is 7.42. The largest absolute Gasteiger partial charge is 0.494 e. The number of fused-ring (bicyclic) bond motifs is 1. The number of ether oxygens (including phenoxy) is 1. The van der Waals surface area contributed by atoms with E-state index in [2.05, 4.69) is 41.3 Å². The van der Waals surface area contributed by atoms with E-state index in [-0.39, 0.29) is 5.91 Å². The topological polar surface area (TPSA) is 139 Å². The minimum absolute atomic E-state index is 0.357. The number of rotatable bonds is 6. The number of anilines is 1. The molecule has 0 radical (unpaired) electrons. The van der Waals surface area contributed by atoms with Gasteiger partial charge in [-0.2, -0.15) is 10.2 Å². The summed E-state index contributed by atoms with van der Waals surface area (Å²) < 4.78 is 5.50. The number of aryl methyl sites for hydroxylation is 2. The molecule has 10 nitrogen and oxygen atoms in total. The Balaban J connectivity index is 1.44. The number of amides is 1. The Morgan fingerprint density at radius 2 is 1.69 bits per heavy atom. The molecule has 194 valence electrons. The molecule has 5 rings (SSSR count). The van der Waals surface area contributed by atoms with E-state index in [0.29, 0.717) is 43.9 Å². The van der Waals surface area contributed by atoms with Crippen LogP contribution in [-0.2, 0) is 5.41 Å². The molecule has 0 spiro atoms. The monoisotopic (exact) mass is 536 g/mol. The lowest BCUT2D eigenvalue weighted by molar-refractivity contribution is 0.102. The summed E-state index contributed by atoms with van der Waals surface area (Å²) in [6, 6.07) is 9.67. The zero-order valence-electron chi connectivity index (χ0n) is 22.0. The van der Waals surface area contributed by atoms with Gasteiger partial charge >= 0.3 is 0 Å². The first-order chi connectivity index (χ1) is 18.7. The first kappa shape index (κ1) is 25.8. The van der Waals surface area contributed by atoms with Gasteiger partial charge in [-0.25, -0.2) is 9.97 Å². The molecule has 5 aromatic heterocycles. The van der Waals surface area contributed by atoms with Crippen LogP contribution in [0.25, 0.3) is 33.0 Å².